The van der Waals surface area contributed by atoms with Crippen LogP contribution in [0.2, 0.25) is 0 Å². The van der Waals surface area contributed by atoms with Gasteiger partial charge in [-0.15, -0.1) is 0 Å². The van der Waals surface area contributed by atoms with E-state index in [0.29, 0.717) is 6.54 Å². The molecule has 3 fully saturated rings. The lowest BCUT2D eigenvalue weighted by molar-refractivity contribution is -0.169. The third-order valence-electron chi connectivity index (χ3n) is 8.31. The molecular weight excluding hydrogens is 402 g/mol. The number of carbonyl (C=O) groups is 2. The van der Waals surface area contributed by atoms with Crippen molar-refractivity contribution in [3.05, 3.63) is 42.0 Å². The molecular formula is C26H37N3O3. The molecule has 32 heavy (non-hydrogen) atoms. The number of amides is 2. The summed E-state index contributed by atoms with van der Waals surface area (Å²) < 4.78 is 0. The van der Waals surface area contributed by atoms with Gasteiger partial charge >= 0.3 is 0 Å². The summed E-state index contributed by atoms with van der Waals surface area (Å²) in [6.45, 7) is 11.3. The highest BCUT2D eigenvalue weighted by molar-refractivity contribution is 6.03. The second-order valence-corrected chi connectivity index (χ2v) is 10.5. The first-order chi connectivity index (χ1) is 15.2. The molecule has 1 aliphatic carbocycles. The van der Waals surface area contributed by atoms with E-state index in [-0.39, 0.29) is 29.7 Å². The van der Waals surface area contributed by atoms with E-state index in [4.69, 9.17) is 0 Å². The number of hydrogen-bond donors (Lipinski definition) is 1. The van der Waals surface area contributed by atoms with E-state index in [9.17, 15) is 14.7 Å². The number of imide groups is 1. The summed E-state index contributed by atoms with van der Waals surface area (Å²) in [5, 5.41) is 10.7. The van der Waals surface area contributed by atoms with Crippen LogP contribution in [0, 0.1) is 16.7 Å². The molecule has 2 aliphatic heterocycles. The topological polar surface area (TPSA) is 64.1 Å². The van der Waals surface area contributed by atoms with Crippen LogP contribution < -0.4 is 0 Å². The predicted molar refractivity (Wildman–Crippen MR) is 126 cm³/mol. The fourth-order valence-corrected chi connectivity index (χ4v) is 5.70. The number of hydrogen-bond acceptors (Lipinski definition) is 5. The highest BCUT2D eigenvalue weighted by Gasteiger charge is 2.64. The van der Waals surface area contributed by atoms with E-state index < -0.39 is 11.5 Å². The number of aliphatic hydroxyl groups excluding tert-OH is 1. The van der Waals surface area contributed by atoms with E-state index in [1.165, 1.54) is 10.5 Å². The van der Waals surface area contributed by atoms with Crippen molar-refractivity contribution >= 4 is 17.9 Å². The van der Waals surface area contributed by atoms with Crippen LogP contribution in [0.15, 0.2) is 36.4 Å². The molecule has 0 aromatic heterocycles. The Kier molecular flexibility index (Phi) is 6.57. The molecule has 2 amide bonds. The van der Waals surface area contributed by atoms with Gasteiger partial charge in [-0.1, -0.05) is 63.3 Å². The van der Waals surface area contributed by atoms with Crippen molar-refractivity contribution in [1.29, 1.82) is 0 Å². The maximum Gasteiger partial charge on any atom is 0.235 e. The number of rotatable bonds is 7. The van der Waals surface area contributed by atoms with Gasteiger partial charge in [0.25, 0.3) is 0 Å². The van der Waals surface area contributed by atoms with Crippen molar-refractivity contribution < 1.29 is 14.7 Å². The number of nitrogens with zero attached hydrogens (tertiary/aromatic N) is 3. The van der Waals surface area contributed by atoms with Gasteiger partial charge in [0.1, 0.15) is 0 Å². The summed E-state index contributed by atoms with van der Waals surface area (Å²) in [4.78, 5) is 32.2. The SMILES string of the molecule is CC1(C)[C@@H]2CC[C@@]1(C)C(=O)N(C[C@H](O)CN1CCN(C/C=C/c3ccccc3)CC1)C2=O. The molecule has 0 radical (unpaired) electrons. The van der Waals surface area contributed by atoms with E-state index in [1.54, 1.807) is 0 Å². The van der Waals surface area contributed by atoms with E-state index >= 15 is 0 Å². The van der Waals surface area contributed by atoms with E-state index in [1.807, 2.05) is 39.0 Å². The van der Waals surface area contributed by atoms with Crippen molar-refractivity contribution in [2.75, 3.05) is 45.8 Å². The number of carbonyl (C=O) groups excluding carboxylic acids is 2. The molecule has 4 rings (SSSR count). The summed E-state index contributed by atoms with van der Waals surface area (Å²) in [7, 11) is 0. The second kappa shape index (κ2) is 9.08. The fourth-order valence-electron chi connectivity index (χ4n) is 5.70. The molecule has 2 bridgehead atoms. The minimum atomic E-state index is -0.711. The quantitative estimate of drug-likeness (QED) is 0.662. The van der Waals surface area contributed by atoms with Gasteiger partial charge in [0.15, 0.2) is 0 Å². The first kappa shape index (κ1) is 23.1. The molecule has 1 aromatic carbocycles. The zero-order valence-corrected chi connectivity index (χ0v) is 19.7. The molecule has 1 aromatic rings. The van der Waals surface area contributed by atoms with Gasteiger partial charge in [-0.05, 0) is 23.8 Å². The highest BCUT2D eigenvalue weighted by Crippen LogP contribution is 2.60. The molecule has 174 valence electrons. The van der Waals surface area contributed by atoms with Crippen molar-refractivity contribution in [2.24, 2.45) is 16.7 Å². The lowest BCUT2D eigenvalue weighted by atomic mass is 9.62. The number of fused-ring (bicyclic) bond motifs is 2. The summed E-state index contributed by atoms with van der Waals surface area (Å²) in [6.07, 6.45) is 5.15. The molecule has 0 unspecified atom stereocenters. The number of likely N-dealkylation sites (tertiary alicyclic amines) is 1. The lowest BCUT2D eigenvalue weighted by Gasteiger charge is -2.48. The first-order valence-corrected chi connectivity index (χ1v) is 11.9. The van der Waals surface area contributed by atoms with Crippen molar-refractivity contribution in [3.63, 3.8) is 0 Å². The smallest absolute Gasteiger partial charge is 0.235 e. The minimum Gasteiger partial charge on any atom is -0.390 e. The Morgan fingerprint density at radius 2 is 1.69 bits per heavy atom. The lowest BCUT2D eigenvalue weighted by Crippen LogP contribution is -2.61. The molecule has 2 saturated heterocycles. The molecule has 0 spiro atoms. The zero-order chi connectivity index (χ0) is 22.9. The van der Waals surface area contributed by atoms with Crippen LogP contribution in [-0.2, 0) is 9.59 Å². The molecule has 1 saturated carbocycles. The summed E-state index contributed by atoms with van der Waals surface area (Å²) in [6, 6.07) is 10.3. The first-order valence-electron chi connectivity index (χ1n) is 11.9. The third-order valence-corrected chi connectivity index (χ3v) is 8.31. The Labute approximate surface area is 191 Å². The monoisotopic (exact) mass is 439 g/mol. The number of piperazine rings is 1. The van der Waals surface area contributed by atoms with E-state index in [0.717, 1.165) is 45.6 Å². The third kappa shape index (κ3) is 4.28. The van der Waals surface area contributed by atoms with Crippen LogP contribution in [0.3, 0.4) is 0 Å². The van der Waals surface area contributed by atoms with Gasteiger partial charge in [-0.3, -0.25) is 24.3 Å². The Morgan fingerprint density at radius 1 is 1.03 bits per heavy atom. The molecule has 3 aliphatic rings. The molecule has 6 nitrogen and oxygen atoms in total. The molecule has 2 heterocycles. The Morgan fingerprint density at radius 3 is 2.38 bits per heavy atom. The molecule has 3 atom stereocenters. The van der Waals surface area contributed by atoms with Crippen LogP contribution in [0.5, 0.6) is 0 Å². The zero-order valence-electron chi connectivity index (χ0n) is 19.7. The Bertz CT molecular complexity index is 860. The van der Waals surface area contributed by atoms with Crippen molar-refractivity contribution in [3.8, 4) is 0 Å². The van der Waals surface area contributed by atoms with Gasteiger partial charge in [0, 0.05) is 45.2 Å². The maximum atomic E-state index is 13.2. The standard InChI is InChI=1S/C26H37N3O3/c1-25(2)22-11-12-26(25,3)24(32)29(23(22)31)19-21(30)18-28-16-14-27(15-17-28)13-7-10-20-8-5-4-6-9-20/h4-10,21-22,30H,11-19H2,1-3H3/b10-7+/t21-,22-,26+/m1/s1. The van der Waals surface area contributed by atoms with Gasteiger partial charge < -0.3 is 5.11 Å². The Balaban J connectivity index is 1.24. The van der Waals surface area contributed by atoms with Gasteiger partial charge in [0.2, 0.25) is 11.8 Å². The largest absolute Gasteiger partial charge is 0.390 e. The van der Waals surface area contributed by atoms with Crippen LogP contribution >= 0.6 is 0 Å². The number of β-amino-alcohol motifs (C(OH)–C–C–N with tert-alkyl or cyclic N) is 1. The van der Waals surface area contributed by atoms with E-state index in [2.05, 4.69) is 34.1 Å². The van der Waals surface area contributed by atoms with Crippen LogP contribution in [0.1, 0.15) is 39.2 Å². The van der Waals surface area contributed by atoms with Crippen LogP contribution in [-0.4, -0.2) is 83.5 Å². The average Bonchev–Trinajstić information content (AvgIpc) is 2.97. The van der Waals surface area contributed by atoms with Gasteiger partial charge in [-0.2, -0.15) is 0 Å². The predicted octanol–water partition coefficient (Wildman–Crippen LogP) is 2.49. The number of piperidine rings is 1. The normalized spacial score (nSPS) is 29.8. The summed E-state index contributed by atoms with van der Waals surface area (Å²) >= 11 is 0. The molecule has 1 N–H and O–H groups in total. The Hall–Kier alpha value is -2.02. The van der Waals surface area contributed by atoms with Crippen molar-refractivity contribution in [1.82, 2.24) is 14.7 Å². The average molecular weight is 440 g/mol. The maximum absolute atomic E-state index is 13.2. The molecule has 6 heteroatoms. The summed E-state index contributed by atoms with van der Waals surface area (Å²) in [5.74, 6) is -0.316. The fraction of sp³-hybridized carbons (Fsp3) is 0.615. The minimum absolute atomic E-state index is 0.0935. The summed E-state index contributed by atoms with van der Waals surface area (Å²) in [5.41, 5.74) is 0.389. The van der Waals surface area contributed by atoms with Crippen LogP contribution in [0.25, 0.3) is 6.08 Å². The van der Waals surface area contributed by atoms with Gasteiger partial charge in [0.05, 0.1) is 18.1 Å². The van der Waals surface area contributed by atoms with Crippen LogP contribution in [0.4, 0.5) is 0 Å². The van der Waals surface area contributed by atoms with Crippen molar-refractivity contribution in [2.45, 2.75) is 39.7 Å². The highest BCUT2D eigenvalue weighted by atomic mass is 16.3. The second-order valence-electron chi connectivity index (χ2n) is 10.5. The number of aliphatic hydroxyl groups is 1. The van der Waals surface area contributed by atoms with Gasteiger partial charge in [-0.25, -0.2) is 0 Å². The number of benzene rings is 1.